The quantitative estimate of drug-likeness (QED) is 0.162. The summed E-state index contributed by atoms with van der Waals surface area (Å²) in [6, 6.07) is 5.39. The Morgan fingerprint density at radius 1 is 0.871 bits per heavy atom. The average Bonchev–Trinajstić information content (AvgIpc) is 2.78. The van der Waals surface area contributed by atoms with Gasteiger partial charge in [0.15, 0.2) is 5.75 Å². The molecule has 31 heavy (non-hydrogen) atoms. The maximum Gasteiger partial charge on any atom is 0.383 e. The van der Waals surface area contributed by atoms with E-state index in [1.54, 1.807) is 13.2 Å². The summed E-state index contributed by atoms with van der Waals surface area (Å²) in [6.45, 7) is 5.27. The number of rotatable bonds is 16. The first-order chi connectivity index (χ1) is 15.2. The third-order valence-electron chi connectivity index (χ3n) is 5.21. The van der Waals surface area contributed by atoms with E-state index in [0.717, 1.165) is 31.1 Å². The molecule has 2 rings (SSSR count). The van der Waals surface area contributed by atoms with Crippen molar-refractivity contribution in [2.75, 3.05) is 20.3 Å². The van der Waals surface area contributed by atoms with Crippen LogP contribution in [0.4, 0.5) is 0 Å². The van der Waals surface area contributed by atoms with Gasteiger partial charge in [-0.2, -0.15) is 0 Å². The maximum absolute atomic E-state index is 12.6. The number of allylic oxidation sites excluding steroid dienone is 1. The molecule has 0 unspecified atom stereocenters. The zero-order chi connectivity index (χ0) is 22.3. The van der Waals surface area contributed by atoms with Gasteiger partial charge in [-0.1, -0.05) is 70.9 Å². The fraction of sp³-hybridized carbons (Fsp3) is 0.577. The standard InChI is InChI=1S/C26H38O5/c1-4-6-8-10-11-12-13-15-18-29-24-22-17-16-21(28-3)20-23(22)31-26(27)25(24)30-19-14-9-7-5-2/h7,9,16-17,20H,4-6,8,10-15,18-19H2,1-3H3. The first kappa shape index (κ1) is 24.8. The number of hydrogen-bond donors (Lipinski definition) is 0. The highest BCUT2D eigenvalue weighted by atomic mass is 16.5. The predicted molar refractivity (Wildman–Crippen MR) is 127 cm³/mol. The van der Waals surface area contributed by atoms with E-state index >= 15 is 0 Å². The van der Waals surface area contributed by atoms with Crippen molar-refractivity contribution in [1.29, 1.82) is 0 Å². The molecule has 0 atom stereocenters. The molecule has 5 heteroatoms. The second kappa shape index (κ2) is 14.6. The van der Waals surface area contributed by atoms with Gasteiger partial charge in [0, 0.05) is 6.07 Å². The zero-order valence-corrected chi connectivity index (χ0v) is 19.4. The summed E-state index contributed by atoms with van der Waals surface area (Å²) in [5.74, 6) is 1.25. The first-order valence-corrected chi connectivity index (χ1v) is 11.8. The van der Waals surface area contributed by atoms with E-state index in [0.29, 0.717) is 30.3 Å². The molecule has 0 aliphatic rings. The molecule has 0 amide bonds. The highest BCUT2D eigenvalue weighted by molar-refractivity contribution is 5.86. The Morgan fingerprint density at radius 3 is 2.29 bits per heavy atom. The van der Waals surface area contributed by atoms with Crippen LogP contribution in [0.3, 0.4) is 0 Å². The number of hydrogen-bond acceptors (Lipinski definition) is 5. The Kier molecular flexibility index (Phi) is 11.7. The SMILES string of the molecule is CCC=CCCOc1c(OCCCCCCCCCC)c2ccc(OC)cc2oc1=O. The minimum atomic E-state index is -0.522. The Morgan fingerprint density at radius 2 is 1.58 bits per heavy atom. The number of benzene rings is 1. The van der Waals surface area contributed by atoms with E-state index in [4.69, 9.17) is 18.6 Å². The molecule has 172 valence electrons. The number of fused-ring (bicyclic) bond motifs is 1. The van der Waals surface area contributed by atoms with Crippen LogP contribution in [0.25, 0.3) is 11.0 Å². The molecule has 0 saturated carbocycles. The Hall–Kier alpha value is -2.43. The molecule has 1 aromatic carbocycles. The first-order valence-electron chi connectivity index (χ1n) is 11.8. The summed E-state index contributed by atoms with van der Waals surface area (Å²) in [6.07, 6.45) is 15.6. The van der Waals surface area contributed by atoms with Gasteiger partial charge >= 0.3 is 5.63 Å². The Balaban J connectivity index is 2.04. The van der Waals surface area contributed by atoms with Crippen molar-refractivity contribution < 1.29 is 18.6 Å². The van der Waals surface area contributed by atoms with E-state index in [1.807, 2.05) is 12.1 Å². The summed E-state index contributed by atoms with van der Waals surface area (Å²) < 4.78 is 22.6. The molecule has 0 fully saturated rings. The van der Waals surface area contributed by atoms with Crippen molar-refractivity contribution in [2.24, 2.45) is 0 Å². The molecule has 0 saturated heterocycles. The molecule has 1 heterocycles. The van der Waals surface area contributed by atoms with Gasteiger partial charge in [-0.15, -0.1) is 0 Å². The second-order valence-electron chi connectivity index (χ2n) is 7.75. The molecule has 0 aliphatic carbocycles. The van der Waals surface area contributed by atoms with Crippen LogP contribution in [0.2, 0.25) is 0 Å². The van der Waals surface area contributed by atoms with Crippen LogP contribution >= 0.6 is 0 Å². The van der Waals surface area contributed by atoms with Crippen molar-refractivity contribution in [3.63, 3.8) is 0 Å². The van der Waals surface area contributed by atoms with Gasteiger partial charge in [0.2, 0.25) is 5.75 Å². The van der Waals surface area contributed by atoms with Crippen molar-refractivity contribution in [3.05, 3.63) is 40.8 Å². The van der Waals surface area contributed by atoms with E-state index in [1.165, 1.54) is 38.5 Å². The highest BCUT2D eigenvalue weighted by Gasteiger charge is 2.18. The third-order valence-corrected chi connectivity index (χ3v) is 5.21. The van der Waals surface area contributed by atoms with Crippen molar-refractivity contribution in [2.45, 2.75) is 78.1 Å². The van der Waals surface area contributed by atoms with Crippen LogP contribution in [0.1, 0.15) is 78.1 Å². The summed E-state index contributed by atoms with van der Waals surface area (Å²) in [5, 5.41) is 0.721. The van der Waals surface area contributed by atoms with Gasteiger partial charge in [0.25, 0.3) is 0 Å². The van der Waals surface area contributed by atoms with Crippen LogP contribution in [0.5, 0.6) is 17.2 Å². The third kappa shape index (κ3) is 8.31. The Labute approximate surface area is 186 Å². The smallest absolute Gasteiger partial charge is 0.383 e. The summed E-state index contributed by atoms with van der Waals surface area (Å²) in [4.78, 5) is 12.6. The maximum atomic E-state index is 12.6. The van der Waals surface area contributed by atoms with Crippen LogP contribution < -0.4 is 19.8 Å². The van der Waals surface area contributed by atoms with Gasteiger partial charge in [0.1, 0.15) is 11.3 Å². The van der Waals surface area contributed by atoms with Crippen LogP contribution in [-0.2, 0) is 0 Å². The zero-order valence-electron chi connectivity index (χ0n) is 19.4. The summed E-state index contributed by atoms with van der Waals surface area (Å²) >= 11 is 0. The molecule has 5 nitrogen and oxygen atoms in total. The molecular weight excluding hydrogens is 392 g/mol. The predicted octanol–water partition coefficient (Wildman–Crippen LogP) is 7.06. The minimum Gasteiger partial charge on any atom is -0.497 e. The molecular formula is C26H38O5. The highest BCUT2D eigenvalue weighted by Crippen LogP contribution is 2.34. The van der Waals surface area contributed by atoms with Gasteiger partial charge in [0.05, 0.1) is 25.7 Å². The normalized spacial score (nSPS) is 11.3. The van der Waals surface area contributed by atoms with E-state index in [2.05, 4.69) is 26.0 Å². The summed E-state index contributed by atoms with van der Waals surface area (Å²) in [7, 11) is 1.58. The van der Waals surface area contributed by atoms with Crippen LogP contribution in [-0.4, -0.2) is 20.3 Å². The van der Waals surface area contributed by atoms with Crippen molar-refractivity contribution >= 4 is 11.0 Å². The van der Waals surface area contributed by atoms with E-state index < -0.39 is 5.63 Å². The molecule has 0 spiro atoms. The lowest BCUT2D eigenvalue weighted by Gasteiger charge is -2.14. The minimum absolute atomic E-state index is 0.155. The Bertz CT molecular complexity index is 853. The second-order valence-corrected chi connectivity index (χ2v) is 7.75. The van der Waals surface area contributed by atoms with Crippen molar-refractivity contribution in [1.82, 2.24) is 0 Å². The topological polar surface area (TPSA) is 57.9 Å². The summed E-state index contributed by atoms with van der Waals surface area (Å²) in [5.41, 5.74) is -0.0837. The largest absolute Gasteiger partial charge is 0.497 e. The fourth-order valence-corrected chi connectivity index (χ4v) is 3.45. The number of ether oxygens (including phenoxy) is 3. The van der Waals surface area contributed by atoms with E-state index in [-0.39, 0.29) is 5.75 Å². The molecule has 0 radical (unpaired) electrons. The van der Waals surface area contributed by atoms with Gasteiger partial charge in [-0.05, 0) is 31.4 Å². The van der Waals surface area contributed by atoms with Crippen LogP contribution in [0.15, 0.2) is 39.6 Å². The van der Waals surface area contributed by atoms with Gasteiger partial charge in [-0.3, -0.25) is 0 Å². The fourth-order valence-electron chi connectivity index (χ4n) is 3.45. The molecule has 0 bridgehead atoms. The molecule has 0 N–H and O–H groups in total. The monoisotopic (exact) mass is 430 g/mol. The molecule has 0 aliphatic heterocycles. The molecule has 2 aromatic rings. The van der Waals surface area contributed by atoms with E-state index in [9.17, 15) is 4.79 Å². The van der Waals surface area contributed by atoms with Gasteiger partial charge in [-0.25, -0.2) is 4.79 Å². The molecule has 1 aromatic heterocycles. The average molecular weight is 431 g/mol. The number of methoxy groups -OCH3 is 1. The van der Waals surface area contributed by atoms with Crippen LogP contribution in [0, 0.1) is 0 Å². The lowest BCUT2D eigenvalue weighted by Crippen LogP contribution is -2.11. The van der Waals surface area contributed by atoms with Gasteiger partial charge < -0.3 is 18.6 Å². The lowest BCUT2D eigenvalue weighted by molar-refractivity contribution is 0.258. The lowest BCUT2D eigenvalue weighted by atomic mass is 10.1. The number of unbranched alkanes of at least 4 members (excludes halogenated alkanes) is 7. The van der Waals surface area contributed by atoms with Crippen molar-refractivity contribution in [3.8, 4) is 17.2 Å².